The van der Waals surface area contributed by atoms with E-state index in [-0.39, 0.29) is 16.4 Å². The van der Waals surface area contributed by atoms with Crippen LogP contribution >= 0.6 is 0 Å². The lowest BCUT2D eigenvalue weighted by Gasteiger charge is -2.10. The van der Waals surface area contributed by atoms with Crippen LogP contribution in [0.3, 0.4) is 0 Å². The van der Waals surface area contributed by atoms with Crippen LogP contribution in [0.4, 0.5) is 0 Å². The van der Waals surface area contributed by atoms with Gasteiger partial charge in [-0.3, -0.25) is 4.79 Å². The predicted molar refractivity (Wildman–Crippen MR) is 98.6 cm³/mol. The number of benzene rings is 2. The van der Waals surface area contributed by atoms with Crippen molar-refractivity contribution in [1.82, 2.24) is 10.1 Å². The minimum Gasteiger partial charge on any atom is -0.508 e. The Morgan fingerprint density at radius 2 is 1.78 bits per heavy atom. The molecule has 0 aromatic heterocycles. The van der Waals surface area contributed by atoms with Gasteiger partial charge in [0.15, 0.2) is 11.5 Å². The monoisotopic (exact) mass is 393 g/mol. The lowest BCUT2D eigenvalue weighted by molar-refractivity contribution is -0.119. The Kier molecular flexibility index (Phi) is 6.74. The number of sulfonamides is 1. The molecule has 0 spiro atoms. The maximum Gasteiger partial charge on any atom is 0.255 e. The van der Waals surface area contributed by atoms with Gasteiger partial charge in [-0.25, -0.2) is 18.6 Å². The molecule has 0 saturated carbocycles. The Bertz CT molecular complexity index is 926. The van der Waals surface area contributed by atoms with E-state index in [2.05, 4.69) is 15.2 Å². The van der Waals surface area contributed by atoms with Crippen LogP contribution in [0, 0.1) is 0 Å². The van der Waals surface area contributed by atoms with Crippen molar-refractivity contribution in [2.24, 2.45) is 5.10 Å². The van der Waals surface area contributed by atoms with Crippen LogP contribution in [0.2, 0.25) is 0 Å². The van der Waals surface area contributed by atoms with Crippen molar-refractivity contribution in [3.63, 3.8) is 0 Å². The van der Waals surface area contributed by atoms with E-state index in [4.69, 9.17) is 9.47 Å². The van der Waals surface area contributed by atoms with Gasteiger partial charge in [0.2, 0.25) is 10.0 Å². The number of methoxy groups -OCH3 is 2. The summed E-state index contributed by atoms with van der Waals surface area (Å²) >= 11 is 0. The number of rotatable bonds is 8. The second-order valence-corrected chi connectivity index (χ2v) is 6.99. The van der Waals surface area contributed by atoms with Crippen molar-refractivity contribution in [2.45, 2.75) is 4.90 Å². The van der Waals surface area contributed by atoms with Gasteiger partial charge in [-0.1, -0.05) is 0 Å². The molecule has 0 unspecified atom stereocenters. The molecule has 9 nitrogen and oxygen atoms in total. The average molecular weight is 393 g/mol. The summed E-state index contributed by atoms with van der Waals surface area (Å²) in [7, 11) is -1.09. The van der Waals surface area contributed by atoms with E-state index in [9.17, 15) is 18.3 Å². The molecule has 0 atom stereocenters. The fourth-order valence-corrected chi connectivity index (χ4v) is 3.00. The number of amides is 1. The van der Waals surface area contributed by atoms with Gasteiger partial charge in [0, 0.05) is 6.07 Å². The molecule has 0 bridgehead atoms. The van der Waals surface area contributed by atoms with E-state index in [0.717, 1.165) is 0 Å². The summed E-state index contributed by atoms with van der Waals surface area (Å²) in [5.74, 6) is 0.107. The first-order valence-corrected chi connectivity index (χ1v) is 9.16. The lowest BCUT2D eigenvalue weighted by Crippen LogP contribution is -2.34. The number of nitrogens with one attached hydrogen (secondary N) is 2. The van der Waals surface area contributed by atoms with E-state index in [0.29, 0.717) is 11.3 Å². The number of hydrogen-bond donors (Lipinski definition) is 3. The Labute approximate surface area is 156 Å². The first-order chi connectivity index (χ1) is 12.9. The molecular formula is C17H19N3O6S. The van der Waals surface area contributed by atoms with Gasteiger partial charge in [0.05, 0.1) is 31.9 Å². The molecule has 0 aliphatic carbocycles. The number of phenolic OH excluding ortho intramolecular Hbond substituents is 1. The highest BCUT2D eigenvalue weighted by Crippen LogP contribution is 2.29. The zero-order valence-corrected chi connectivity index (χ0v) is 15.5. The van der Waals surface area contributed by atoms with E-state index in [1.807, 2.05) is 0 Å². The number of aromatic hydroxyl groups is 1. The fraction of sp³-hybridized carbons (Fsp3) is 0.176. The SMILES string of the molecule is COc1ccc(S(=O)(=O)NCC(=O)N/N=C\c2ccc(O)cc2)cc1OC. The molecule has 0 aliphatic heterocycles. The number of hydrogen-bond acceptors (Lipinski definition) is 7. The molecule has 10 heteroatoms. The van der Waals surface area contributed by atoms with Crippen molar-refractivity contribution in [1.29, 1.82) is 0 Å². The number of phenols is 1. The summed E-state index contributed by atoms with van der Waals surface area (Å²) < 4.78 is 36.9. The number of carbonyl (C=O) groups is 1. The van der Waals surface area contributed by atoms with E-state index in [1.165, 1.54) is 50.8 Å². The maximum atomic E-state index is 12.3. The van der Waals surface area contributed by atoms with Gasteiger partial charge in [-0.15, -0.1) is 0 Å². The van der Waals surface area contributed by atoms with Crippen LogP contribution in [0.5, 0.6) is 17.2 Å². The minimum atomic E-state index is -3.92. The summed E-state index contributed by atoms with van der Waals surface area (Å²) in [4.78, 5) is 11.7. The molecule has 2 aromatic rings. The van der Waals surface area contributed by atoms with Crippen molar-refractivity contribution in [2.75, 3.05) is 20.8 Å². The van der Waals surface area contributed by atoms with Gasteiger partial charge >= 0.3 is 0 Å². The van der Waals surface area contributed by atoms with Crippen molar-refractivity contribution in [3.8, 4) is 17.2 Å². The van der Waals surface area contributed by atoms with E-state index < -0.39 is 22.5 Å². The third kappa shape index (κ3) is 5.69. The average Bonchev–Trinajstić information content (AvgIpc) is 2.67. The molecular weight excluding hydrogens is 374 g/mol. The molecule has 1 amide bonds. The molecule has 27 heavy (non-hydrogen) atoms. The van der Waals surface area contributed by atoms with Crippen molar-refractivity contribution >= 4 is 22.1 Å². The van der Waals surface area contributed by atoms with Crippen LogP contribution in [-0.2, 0) is 14.8 Å². The number of ether oxygens (including phenoxy) is 2. The van der Waals surface area contributed by atoms with Crippen LogP contribution in [0.25, 0.3) is 0 Å². The quantitative estimate of drug-likeness (QED) is 0.451. The molecule has 0 aliphatic rings. The molecule has 144 valence electrons. The van der Waals surface area contributed by atoms with Crippen molar-refractivity contribution in [3.05, 3.63) is 48.0 Å². The van der Waals surface area contributed by atoms with E-state index in [1.54, 1.807) is 12.1 Å². The topological polar surface area (TPSA) is 126 Å². The van der Waals surface area contributed by atoms with Crippen molar-refractivity contribution < 1.29 is 27.8 Å². The minimum absolute atomic E-state index is 0.0689. The largest absolute Gasteiger partial charge is 0.508 e. The highest BCUT2D eigenvalue weighted by molar-refractivity contribution is 7.89. The first kappa shape index (κ1) is 20.2. The molecule has 3 N–H and O–H groups in total. The number of hydrazone groups is 1. The summed E-state index contributed by atoms with van der Waals surface area (Å²) in [6, 6.07) is 10.2. The molecule has 2 rings (SSSR count). The molecule has 2 aromatic carbocycles. The maximum absolute atomic E-state index is 12.3. The second-order valence-electron chi connectivity index (χ2n) is 5.23. The van der Waals surface area contributed by atoms with Gasteiger partial charge in [-0.05, 0) is 42.0 Å². The van der Waals surface area contributed by atoms with Gasteiger partial charge in [-0.2, -0.15) is 5.10 Å². The smallest absolute Gasteiger partial charge is 0.255 e. The van der Waals surface area contributed by atoms with Crippen LogP contribution in [-0.4, -0.2) is 46.4 Å². The van der Waals surface area contributed by atoms with E-state index >= 15 is 0 Å². The molecule has 0 saturated heterocycles. The normalized spacial score (nSPS) is 11.3. The third-order valence-electron chi connectivity index (χ3n) is 3.38. The predicted octanol–water partition coefficient (Wildman–Crippen LogP) is 0.838. The Balaban J connectivity index is 1.94. The van der Waals surface area contributed by atoms with Crippen LogP contribution < -0.4 is 19.6 Å². The highest BCUT2D eigenvalue weighted by atomic mass is 32.2. The van der Waals surface area contributed by atoms with Crippen LogP contribution in [0.1, 0.15) is 5.56 Å². The number of nitrogens with zero attached hydrogens (tertiary/aromatic N) is 1. The summed E-state index contributed by atoms with van der Waals surface area (Å²) in [6.45, 7) is -0.496. The molecule has 0 fully saturated rings. The highest BCUT2D eigenvalue weighted by Gasteiger charge is 2.18. The zero-order valence-electron chi connectivity index (χ0n) is 14.7. The Morgan fingerprint density at radius 3 is 2.41 bits per heavy atom. The summed E-state index contributed by atoms with van der Waals surface area (Å²) in [5, 5.41) is 12.9. The molecule has 0 heterocycles. The van der Waals surface area contributed by atoms with Gasteiger partial charge in [0.25, 0.3) is 5.91 Å². The number of carbonyl (C=O) groups excluding carboxylic acids is 1. The molecule has 0 radical (unpaired) electrons. The third-order valence-corrected chi connectivity index (χ3v) is 4.78. The standard InChI is InChI=1S/C17H19N3O6S/c1-25-15-8-7-14(9-16(15)26-2)27(23,24)19-11-17(22)20-18-10-12-3-5-13(21)6-4-12/h3-10,19,21H,11H2,1-2H3,(H,20,22)/b18-10-. The zero-order chi connectivity index (χ0) is 19.9. The van der Waals surface area contributed by atoms with Crippen LogP contribution in [0.15, 0.2) is 52.5 Å². The summed E-state index contributed by atoms with van der Waals surface area (Å²) in [6.07, 6.45) is 1.36. The second kappa shape index (κ2) is 9.01. The van der Waals surface area contributed by atoms with Gasteiger partial charge < -0.3 is 14.6 Å². The fourth-order valence-electron chi connectivity index (χ4n) is 2.01. The Hall–Kier alpha value is -3.11. The van der Waals surface area contributed by atoms with Gasteiger partial charge in [0.1, 0.15) is 5.75 Å². The first-order valence-electron chi connectivity index (χ1n) is 7.68. The Morgan fingerprint density at radius 1 is 1.11 bits per heavy atom. The summed E-state index contributed by atoms with van der Waals surface area (Å²) in [5.41, 5.74) is 2.86. The lowest BCUT2D eigenvalue weighted by atomic mass is 10.2.